The number of hydrogen-bond donors (Lipinski definition) is 0. The smallest absolute Gasteiger partial charge is 0.313 e. The SMILES string of the molecule is COC(=O)CC(=O)c1cncc(C)c1. The Morgan fingerprint density at radius 1 is 1.43 bits per heavy atom. The topological polar surface area (TPSA) is 56.3 Å². The Labute approximate surface area is 81.9 Å². The molecule has 0 bridgehead atoms. The first kappa shape index (κ1) is 10.4. The van der Waals surface area contributed by atoms with Crippen LogP contribution in [0.3, 0.4) is 0 Å². The Morgan fingerprint density at radius 2 is 2.14 bits per heavy atom. The third-order valence-corrected chi connectivity index (χ3v) is 1.73. The fourth-order valence-electron chi connectivity index (χ4n) is 1.01. The number of rotatable bonds is 3. The second-order valence-electron chi connectivity index (χ2n) is 2.93. The summed E-state index contributed by atoms with van der Waals surface area (Å²) < 4.78 is 4.39. The zero-order valence-electron chi connectivity index (χ0n) is 8.11. The largest absolute Gasteiger partial charge is 0.469 e. The van der Waals surface area contributed by atoms with Gasteiger partial charge in [0.05, 0.1) is 7.11 Å². The number of aromatic nitrogens is 1. The Hall–Kier alpha value is -1.71. The molecule has 0 aromatic carbocycles. The molecule has 1 aromatic rings. The standard InChI is InChI=1S/C10H11NO3/c1-7-3-8(6-11-5-7)9(12)4-10(13)14-2/h3,5-6H,4H2,1-2H3. The molecule has 0 amide bonds. The van der Waals surface area contributed by atoms with Crippen LogP contribution in [-0.4, -0.2) is 23.8 Å². The zero-order valence-corrected chi connectivity index (χ0v) is 8.11. The molecule has 0 aliphatic carbocycles. The molecule has 0 aliphatic heterocycles. The Morgan fingerprint density at radius 3 is 2.71 bits per heavy atom. The predicted octanol–water partition coefficient (Wildman–Crippen LogP) is 1.14. The van der Waals surface area contributed by atoms with Gasteiger partial charge >= 0.3 is 5.97 Å². The van der Waals surface area contributed by atoms with Crippen molar-refractivity contribution < 1.29 is 14.3 Å². The van der Waals surface area contributed by atoms with Gasteiger partial charge in [0.25, 0.3) is 0 Å². The van der Waals surface area contributed by atoms with E-state index in [2.05, 4.69) is 9.72 Å². The van der Waals surface area contributed by atoms with Crippen molar-refractivity contribution in [3.05, 3.63) is 29.6 Å². The number of pyridine rings is 1. The summed E-state index contributed by atoms with van der Waals surface area (Å²) >= 11 is 0. The highest BCUT2D eigenvalue weighted by Crippen LogP contribution is 2.05. The van der Waals surface area contributed by atoms with E-state index in [1.807, 2.05) is 6.92 Å². The Kier molecular flexibility index (Phi) is 3.34. The number of methoxy groups -OCH3 is 1. The summed E-state index contributed by atoms with van der Waals surface area (Å²) in [5.41, 5.74) is 1.33. The zero-order chi connectivity index (χ0) is 10.6. The van der Waals surface area contributed by atoms with Crippen molar-refractivity contribution in [1.82, 2.24) is 4.98 Å². The summed E-state index contributed by atoms with van der Waals surface area (Å²) in [5, 5.41) is 0. The number of carbonyl (C=O) groups excluding carboxylic acids is 2. The number of carbonyl (C=O) groups is 2. The number of esters is 1. The summed E-state index contributed by atoms with van der Waals surface area (Å²) in [6.45, 7) is 1.84. The number of ketones is 1. The molecule has 4 nitrogen and oxygen atoms in total. The third kappa shape index (κ3) is 2.65. The van der Waals surface area contributed by atoms with Gasteiger partial charge in [-0.1, -0.05) is 0 Å². The van der Waals surface area contributed by atoms with Crippen LogP contribution in [0.5, 0.6) is 0 Å². The summed E-state index contributed by atoms with van der Waals surface area (Å²) in [5.74, 6) is -0.801. The quantitative estimate of drug-likeness (QED) is 0.410. The molecule has 0 radical (unpaired) electrons. The first-order chi connectivity index (χ1) is 6.63. The van der Waals surface area contributed by atoms with Crippen molar-refractivity contribution in [2.45, 2.75) is 13.3 Å². The van der Waals surface area contributed by atoms with E-state index in [4.69, 9.17) is 0 Å². The molecule has 0 saturated heterocycles. The molecule has 0 N–H and O–H groups in total. The van der Waals surface area contributed by atoms with Gasteiger partial charge in [0.2, 0.25) is 0 Å². The molecule has 1 rings (SSSR count). The molecule has 0 aliphatic rings. The number of Topliss-reactive ketones (excluding diaryl/α,β-unsaturated/α-hetero) is 1. The lowest BCUT2D eigenvalue weighted by Gasteiger charge is -2.00. The van der Waals surface area contributed by atoms with E-state index < -0.39 is 5.97 Å². The van der Waals surface area contributed by atoms with E-state index >= 15 is 0 Å². The van der Waals surface area contributed by atoms with Gasteiger partial charge in [0, 0.05) is 18.0 Å². The summed E-state index contributed by atoms with van der Waals surface area (Å²) in [4.78, 5) is 26.1. The highest BCUT2D eigenvalue weighted by molar-refractivity contribution is 6.05. The van der Waals surface area contributed by atoms with E-state index in [9.17, 15) is 9.59 Å². The second kappa shape index (κ2) is 4.50. The van der Waals surface area contributed by atoms with Gasteiger partial charge in [-0.3, -0.25) is 14.6 Å². The minimum atomic E-state index is -0.531. The van der Waals surface area contributed by atoms with Crippen molar-refractivity contribution in [2.75, 3.05) is 7.11 Å². The van der Waals surface area contributed by atoms with E-state index in [0.29, 0.717) is 5.56 Å². The summed E-state index contributed by atoms with van der Waals surface area (Å²) in [6.07, 6.45) is 2.86. The normalized spacial score (nSPS) is 9.57. The van der Waals surface area contributed by atoms with Gasteiger partial charge in [0.1, 0.15) is 6.42 Å². The van der Waals surface area contributed by atoms with Crippen LogP contribution in [-0.2, 0) is 9.53 Å². The van der Waals surface area contributed by atoms with Gasteiger partial charge in [-0.05, 0) is 18.6 Å². The van der Waals surface area contributed by atoms with Crippen LogP contribution in [0.2, 0.25) is 0 Å². The molecule has 0 fully saturated rings. The minimum Gasteiger partial charge on any atom is -0.469 e. The van der Waals surface area contributed by atoms with Crippen molar-refractivity contribution in [3.8, 4) is 0 Å². The minimum absolute atomic E-state index is 0.234. The van der Waals surface area contributed by atoms with Gasteiger partial charge in [0.15, 0.2) is 5.78 Å². The number of nitrogens with zero attached hydrogens (tertiary/aromatic N) is 1. The van der Waals surface area contributed by atoms with Gasteiger partial charge in [-0.2, -0.15) is 0 Å². The average Bonchev–Trinajstić information content (AvgIpc) is 2.17. The fourth-order valence-corrected chi connectivity index (χ4v) is 1.01. The van der Waals surface area contributed by atoms with E-state index in [1.54, 1.807) is 12.3 Å². The molecular weight excluding hydrogens is 182 g/mol. The lowest BCUT2D eigenvalue weighted by atomic mass is 10.1. The second-order valence-corrected chi connectivity index (χ2v) is 2.93. The van der Waals surface area contributed by atoms with Crippen LogP contribution in [0.25, 0.3) is 0 Å². The molecule has 0 saturated carbocycles. The lowest BCUT2D eigenvalue weighted by molar-refractivity contribution is -0.139. The Bertz CT molecular complexity index is 360. The van der Waals surface area contributed by atoms with Crippen LogP contribution in [0.1, 0.15) is 22.3 Å². The fraction of sp³-hybridized carbons (Fsp3) is 0.300. The third-order valence-electron chi connectivity index (χ3n) is 1.73. The maximum atomic E-state index is 11.4. The van der Waals surface area contributed by atoms with E-state index in [0.717, 1.165) is 5.56 Å². The van der Waals surface area contributed by atoms with E-state index in [-0.39, 0.29) is 12.2 Å². The molecule has 0 atom stereocenters. The number of ether oxygens (including phenoxy) is 1. The molecule has 4 heteroatoms. The average molecular weight is 193 g/mol. The highest BCUT2D eigenvalue weighted by Gasteiger charge is 2.11. The van der Waals surface area contributed by atoms with Crippen LogP contribution < -0.4 is 0 Å². The van der Waals surface area contributed by atoms with Gasteiger partial charge in [-0.25, -0.2) is 0 Å². The van der Waals surface area contributed by atoms with Crippen LogP contribution in [0.4, 0.5) is 0 Å². The van der Waals surface area contributed by atoms with Crippen LogP contribution >= 0.6 is 0 Å². The molecular formula is C10H11NO3. The molecule has 0 spiro atoms. The first-order valence-electron chi connectivity index (χ1n) is 4.15. The highest BCUT2D eigenvalue weighted by atomic mass is 16.5. The van der Waals surface area contributed by atoms with Crippen molar-refractivity contribution in [1.29, 1.82) is 0 Å². The van der Waals surface area contributed by atoms with Crippen molar-refractivity contribution >= 4 is 11.8 Å². The predicted molar refractivity (Wildman–Crippen MR) is 49.9 cm³/mol. The number of hydrogen-bond acceptors (Lipinski definition) is 4. The molecule has 0 unspecified atom stereocenters. The summed E-state index contributed by atoms with van der Waals surface area (Å²) in [7, 11) is 1.25. The van der Waals surface area contributed by atoms with Gasteiger partial charge < -0.3 is 4.74 Å². The van der Waals surface area contributed by atoms with E-state index in [1.165, 1.54) is 13.3 Å². The molecule has 74 valence electrons. The maximum Gasteiger partial charge on any atom is 0.313 e. The van der Waals surface area contributed by atoms with Crippen molar-refractivity contribution in [3.63, 3.8) is 0 Å². The van der Waals surface area contributed by atoms with Gasteiger partial charge in [-0.15, -0.1) is 0 Å². The van der Waals surface area contributed by atoms with Crippen LogP contribution in [0, 0.1) is 6.92 Å². The number of aryl methyl sites for hydroxylation is 1. The first-order valence-corrected chi connectivity index (χ1v) is 4.15. The molecule has 1 aromatic heterocycles. The van der Waals surface area contributed by atoms with Crippen LogP contribution in [0.15, 0.2) is 18.5 Å². The summed E-state index contributed by atoms with van der Waals surface area (Å²) in [6, 6.07) is 1.69. The molecule has 1 heterocycles. The maximum absolute atomic E-state index is 11.4. The Balaban J connectivity index is 2.75. The monoisotopic (exact) mass is 193 g/mol. The lowest BCUT2D eigenvalue weighted by Crippen LogP contribution is -2.09. The van der Waals surface area contributed by atoms with Crippen molar-refractivity contribution in [2.24, 2.45) is 0 Å². The molecule has 14 heavy (non-hydrogen) atoms.